The van der Waals surface area contributed by atoms with Gasteiger partial charge in [0.25, 0.3) is 5.91 Å². The quantitative estimate of drug-likeness (QED) is 0.582. The van der Waals surface area contributed by atoms with E-state index in [9.17, 15) is 17.6 Å². The number of para-hydroxylation sites is 1. The molecule has 1 amide bonds. The van der Waals surface area contributed by atoms with Gasteiger partial charge in [-0.15, -0.1) is 0 Å². The minimum absolute atomic E-state index is 0.0478. The highest BCUT2D eigenvalue weighted by Gasteiger charge is 2.27. The van der Waals surface area contributed by atoms with Crippen molar-refractivity contribution in [2.24, 2.45) is 0 Å². The van der Waals surface area contributed by atoms with Gasteiger partial charge in [-0.1, -0.05) is 30.3 Å². The van der Waals surface area contributed by atoms with Crippen LogP contribution in [-0.2, 0) is 23.3 Å². The fourth-order valence-electron chi connectivity index (χ4n) is 2.85. The Kier molecular flexibility index (Phi) is 6.98. The molecule has 0 aliphatic rings. The van der Waals surface area contributed by atoms with E-state index in [4.69, 9.17) is 0 Å². The van der Waals surface area contributed by atoms with Crippen molar-refractivity contribution in [2.75, 3.05) is 18.4 Å². The summed E-state index contributed by atoms with van der Waals surface area (Å²) >= 11 is 0. The van der Waals surface area contributed by atoms with Crippen molar-refractivity contribution < 1.29 is 17.6 Å². The Balaban J connectivity index is 1.77. The van der Waals surface area contributed by atoms with Crippen molar-refractivity contribution >= 4 is 21.8 Å². The van der Waals surface area contributed by atoms with E-state index in [2.05, 4.69) is 10.3 Å². The predicted molar refractivity (Wildman–Crippen MR) is 117 cm³/mol. The van der Waals surface area contributed by atoms with Crippen molar-refractivity contribution in [3.8, 4) is 0 Å². The maximum Gasteiger partial charge on any atom is 0.303 e. The lowest BCUT2D eigenvalue weighted by Crippen LogP contribution is -2.40. The van der Waals surface area contributed by atoms with Gasteiger partial charge in [-0.3, -0.25) is 14.1 Å². The molecular weight excluding hydrogens is 419 g/mol. The molecule has 0 aliphatic heterocycles. The van der Waals surface area contributed by atoms with Gasteiger partial charge in [0.1, 0.15) is 5.82 Å². The maximum absolute atomic E-state index is 14.3. The van der Waals surface area contributed by atoms with E-state index in [0.29, 0.717) is 17.7 Å². The smallest absolute Gasteiger partial charge is 0.303 e. The molecule has 7 nitrogen and oxygen atoms in total. The number of nitrogens with one attached hydrogen (secondary N) is 1. The van der Waals surface area contributed by atoms with Crippen LogP contribution in [0.3, 0.4) is 0 Å². The second-order valence-electron chi connectivity index (χ2n) is 6.95. The zero-order valence-corrected chi connectivity index (χ0v) is 18.0. The van der Waals surface area contributed by atoms with Gasteiger partial charge in [-0.25, -0.2) is 4.39 Å². The zero-order valence-electron chi connectivity index (χ0n) is 17.2. The lowest BCUT2D eigenvalue weighted by molar-refractivity contribution is 0.0950. The molecule has 162 valence electrons. The van der Waals surface area contributed by atoms with E-state index < -0.39 is 16.0 Å². The van der Waals surface area contributed by atoms with E-state index in [0.717, 1.165) is 14.3 Å². The summed E-state index contributed by atoms with van der Waals surface area (Å²) in [5.41, 5.74) is 1.72. The lowest BCUT2D eigenvalue weighted by atomic mass is 10.1. The third-order valence-electron chi connectivity index (χ3n) is 4.56. The average Bonchev–Trinajstić information content (AvgIpc) is 2.77. The monoisotopic (exact) mass is 442 g/mol. The number of nitrogens with zero attached hydrogens (tertiary/aromatic N) is 3. The molecule has 1 N–H and O–H groups in total. The van der Waals surface area contributed by atoms with E-state index in [1.54, 1.807) is 42.6 Å². The summed E-state index contributed by atoms with van der Waals surface area (Å²) in [5.74, 6) is -0.914. The van der Waals surface area contributed by atoms with Crippen LogP contribution in [0.1, 0.15) is 21.6 Å². The molecule has 3 rings (SSSR count). The first-order chi connectivity index (χ1) is 14.8. The fraction of sp³-hybridized carbons (Fsp3) is 0.182. The Morgan fingerprint density at radius 3 is 2.29 bits per heavy atom. The molecule has 0 unspecified atom stereocenters. The summed E-state index contributed by atoms with van der Waals surface area (Å²) in [4.78, 5) is 16.5. The highest BCUT2D eigenvalue weighted by molar-refractivity contribution is 7.90. The van der Waals surface area contributed by atoms with Crippen LogP contribution in [0.25, 0.3) is 0 Å². The number of aromatic nitrogens is 1. The molecule has 1 heterocycles. The fourth-order valence-corrected chi connectivity index (χ4v) is 3.95. The number of halogens is 1. The van der Waals surface area contributed by atoms with Crippen LogP contribution in [0.2, 0.25) is 0 Å². The van der Waals surface area contributed by atoms with Gasteiger partial charge in [-0.2, -0.15) is 12.7 Å². The third kappa shape index (κ3) is 5.44. The van der Waals surface area contributed by atoms with Crippen molar-refractivity contribution in [3.63, 3.8) is 0 Å². The van der Waals surface area contributed by atoms with Crippen molar-refractivity contribution in [3.05, 3.63) is 95.6 Å². The molecular formula is C22H23FN4O3S. The molecule has 0 aliphatic carbocycles. The van der Waals surface area contributed by atoms with Gasteiger partial charge >= 0.3 is 10.2 Å². The third-order valence-corrected chi connectivity index (χ3v) is 6.37. The number of carbonyl (C=O) groups excluding carboxylic acids is 1. The zero-order chi connectivity index (χ0) is 22.4. The van der Waals surface area contributed by atoms with Crippen molar-refractivity contribution in [2.45, 2.75) is 13.1 Å². The van der Waals surface area contributed by atoms with Gasteiger partial charge in [0.15, 0.2) is 0 Å². The summed E-state index contributed by atoms with van der Waals surface area (Å²) in [5, 5.41) is 2.78. The summed E-state index contributed by atoms with van der Waals surface area (Å²) in [6, 6.07) is 17.6. The summed E-state index contributed by atoms with van der Waals surface area (Å²) in [6.07, 6.45) is 1.65. The van der Waals surface area contributed by atoms with Gasteiger partial charge in [-0.05, 0) is 42.0 Å². The van der Waals surface area contributed by atoms with Gasteiger partial charge in [0, 0.05) is 25.9 Å². The Labute approximate surface area is 181 Å². The van der Waals surface area contributed by atoms with Crippen molar-refractivity contribution in [1.29, 1.82) is 0 Å². The predicted octanol–water partition coefficient (Wildman–Crippen LogP) is 2.96. The Morgan fingerprint density at radius 1 is 1.00 bits per heavy atom. The molecule has 0 saturated carbocycles. The number of benzene rings is 2. The second-order valence-corrected chi connectivity index (χ2v) is 9.02. The van der Waals surface area contributed by atoms with Crippen LogP contribution in [0.15, 0.2) is 72.9 Å². The molecule has 0 fully saturated rings. The van der Waals surface area contributed by atoms with Gasteiger partial charge in [0.2, 0.25) is 0 Å². The normalized spacial score (nSPS) is 11.4. The molecule has 0 bridgehead atoms. The van der Waals surface area contributed by atoms with Crippen LogP contribution in [0, 0.1) is 5.82 Å². The van der Waals surface area contributed by atoms with Crippen LogP contribution >= 0.6 is 0 Å². The molecule has 0 saturated heterocycles. The first-order valence-electron chi connectivity index (χ1n) is 9.51. The molecule has 31 heavy (non-hydrogen) atoms. The second kappa shape index (κ2) is 9.67. The number of anilines is 1. The number of amides is 1. The number of hydrogen-bond acceptors (Lipinski definition) is 4. The number of hydrogen-bond donors (Lipinski definition) is 1. The van der Waals surface area contributed by atoms with Crippen LogP contribution < -0.4 is 9.62 Å². The topological polar surface area (TPSA) is 82.6 Å². The molecule has 3 aromatic rings. The summed E-state index contributed by atoms with van der Waals surface area (Å²) < 4.78 is 42.0. The molecule has 9 heteroatoms. The standard InChI is InChI=1S/C22H23FN4O3S/c1-26(2)31(29,30)27(21-9-4-3-8-20(21)23)16-17-10-12-18(13-11-17)22(28)25-15-19-7-5-6-14-24-19/h3-14H,15-16H2,1-2H3,(H,25,28). The van der Waals surface area contributed by atoms with E-state index in [1.807, 2.05) is 12.1 Å². The minimum atomic E-state index is -3.94. The van der Waals surface area contributed by atoms with E-state index >= 15 is 0 Å². The van der Waals surface area contributed by atoms with Crippen LogP contribution in [0.4, 0.5) is 10.1 Å². The number of rotatable bonds is 8. The van der Waals surface area contributed by atoms with Crippen molar-refractivity contribution in [1.82, 2.24) is 14.6 Å². The Hall–Kier alpha value is -3.30. The molecule has 0 radical (unpaired) electrons. The van der Waals surface area contributed by atoms with Crippen LogP contribution in [-0.4, -0.2) is 37.7 Å². The lowest BCUT2D eigenvalue weighted by Gasteiger charge is -2.27. The maximum atomic E-state index is 14.3. The largest absolute Gasteiger partial charge is 0.346 e. The molecule has 0 spiro atoms. The van der Waals surface area contributed by atoms with E-state index in [1.165, 1.54) is 32.3 Å². The first kappa shape index (κ1) is 22.4. The highest BCUT2D eigenvalue weighted by Crippen LogP contribution is 2.25. The molecule has 1 aromatic heterocycles. The average molecular weight is 443 g/mol. The van der Waals surface area contributed by atoms with Crippen LogP contribution in [0.5, 0.6) is 0 Å². The van der Waals surface area contributed by atoms with E-state index in [-0.39, 0.29) is 18.1 Å². The minimum Gasteiger partial charge on any atom is -0.346 e. The molecule has 0 atom stereocenters. The van der Waals surface area contributed by atoms with Gasteiger partial charge in [0.05, 0.1) is 24.5 Å². The Bertz CT molecular complexity index is 1140. The number of pyridine rings is 1. The highest BCUT2D eigenvalue weighted by atomic mass is 32.2. The van der Waals surface area contributed by atoms with Gasteiger partial charge < -0.3 is 5.32 Å². The molecule has 2 aromatic carbocycles. The Morgan fingerprint density at radius 2 is 1.68 bits per heavy atom. The number of carbonyl (C=O) groups is 1. The summed E-state index contributed by atoms with van der Waals surface area (Å²) in [7, 11) is -1.16. The SMILES string of the molecule is CN(C)S(=O)(=O)N(Cc1ccc(C(=O)NCc2ccccn2)cc1)c1ccccc1F. The summed E-state index contributed by atoms with van der Waals surface area (Å²) in [6.45, 7) is 0.209. The first-order valence-corrected chi connectivity index (χ1v) is 10.9.